The number of nitrogens with one attached hydrogen (secondary N) is 2. The van der Waals surface area contributed by atoms with Crippen molar-refractivity contribution in [1.29, 1.82) is 0 Å². The number of nitrogens with zero attached hydrogens (tertiary/aromatic N) is 2. The number of carbonyl (C=O) groups excluding carboxylic acids is 1. The van der Waals surface area contributed by atoms with Gasteiger partial charge in [0.2, 0.25) is 5.96 Å². The molecule has 6 nitrogen and oxygen atoms in total. The summed E-state index contributed by atoms with van der Waals surface area (Å²) in [5, 5.41) is 5.59. The Morgan fingerprint density at radius 1 is 1.56 bits per heavy atom. The number of amides is 2. The molecule has 0 saturated heterocycles. The maximum atomic E-state index is 11.5. The molecule has 2 amide bonds. The molecule has 7 heteroatoms. The van der Waals surface area contributed by atoms with Gasteiger partial charge in [0.05, 0.1) is 5.02 Å². The molecule has 1 aliphatic carbocycles. The predicted molar refractivity (Wildman–Crippen MR) is 69.8 cm³/mol. The summed E-state index contributed by atoms with van der Waals surface area (Å²) in [6, 6.07) is 3.23. The van der Waals surface area contributed by atoms with E-state index in [1.54, 1.807) is 18.3 Å². The molecule has 1 saturated carbocycles. The van der Waals surface area contributed by atoms with Gasteiger partial charge in [0.1, 0.15) is 0 Å². The average molecular weight is 268 g/mol. The number of pyridine rings is 1. The molecular formula is C11H14ClN5O. The van der Waals surface area contributed by atoms with Crippen LogP contribution in [0.1, 0.15) is 19.3 Å². The standard InChI is InChI=1S/C11H14ClN5O/c12-8-5-2-6-14-9(8)16-10(13)17-11(18)15-7-3-1-4-7/h2,5-7H,1,3-4H2,(H4,13,14,15,16,17,18). The zero-order valence-corrected chi connectivity index (χ0v) is 10.4. The summed E-state index contributed by atoms with van der Waals surface area (Å²) < 4.78 is 0. The van der Waals surface area contributed by atoms with Crippen LogP contribution in [0, 0.1) is 0 Å². The second-order valence-electron chi connectivity index (χ2n) is 4.03. The van der Waals surface area contributed by atoms with E-state index in [1.807, 2.05) is 0 Å². The van der Waals surface area contributed by atoms with Crippen LogP contribution in [0.5, 0.6) is 0 Å². The first-order chi connectivity index (χ1) is 8.65. The fraction of sp³-hybridized carbons (Fsp3) is 0.364. The van der Waals surface area contributed by atoms with Gasteiger partial charge in [-0.3, -0.25) is 5.32 Å². The Bertz CT molecular complexity index is 472. The van der Waals surface area contributed by atoms with E-state index in [0.717, 1.165) is 19.3 Å². The third kappa shape index (κ3) is 3.33. The smallest absolute Gasteiger partial charge is 0.321 e. The number of urea groups is 1. The molecule has 0 atom stereocenters. The van der Waals surface area contributed by atoms with Crippen LogP contribution in [0.4, 0.5) is 10.6 Å². The lowest BCUT2D eigenvalue weighted by atomic mass is 9.93. The number of hydrogen-bond acceptors (Lipinski definition) is 3. The van der Waals surface area contributed by atoms with Crippen molar-refractivity contribution >= 4 is 29.4 Å². The van der Waals surface area contributed by atoms with E-state index in [2.05, 4.69) is 20.6 Å². The second-order valence-corrected chi connectivity index (χ2v) is 4.44. The van der Waals surface area contributed by atoms with Crippen LogP contribution in [-0.4, -0.2) is 23.0 Å². The Kier molecular flexibility index (Phi) is 3.99. The lowest BCUT2D eigenvalue weighted by molar-refractivity contribution is 0.233. The second kappa shape index (κ2) is 5.68. The van der Waals surface area contributed by atoms with E-state index in [-0.39, 0.29) is 23.9 Å². The number of aliphatic imine (C=N–C) groups is 1. The van der Waals surface area contributed by atoms with Crippen LogP contribution in [0.25, 0.3) is 0 Å². The van der Waals surface area contributed by atoms with Crippen molar-refractivity contribution in [2.45, 2.75) is 25.3 Å². The fourth-order valence-corrected chi connectivity index (χ4v) is 1.66. The number of aromatic nitrogens is 1. The summed E-state index contributed by atoms with van der Waals surface area (Å²) in [4.78, 5) is 19.4. The molecular weight excluding hydrogens is 254 g/mol. The van der Waals surface area contributed by atoms with E-state index in [9.17, 15) is 4.79 Å². The summed E-state index contributed by atoms with van der Waals surface area (Å²) in [5.41, 5.74) is 5.59. The molecule has 0 unspecified atom stereocenters. The molecule has 2 rings (SSSR count). The molecule has 0 aromatic carbocycles. The molecule has 1 heterocycles. The van der Waals surface area contributed by atoms with Crippen molar-refractivity contribution in [3.63, 3.8) is 0 Å². The normalized spacial score (nSPS) is 15.9. The molecule has 1 aromatic heterocycles. The van der Waals surface area contributed by atoms with E-state index in [0.29, 0.717) is 5.02 Å². The van der Waals surface area contributed by atoms with Gasteiger partial charge in [-0.2, -0.15) is 4.99 Å². The Balaban J connectivity index is 1.92. The molecule has 0 spiro atoms. The van der Waals surface area contributed by atoms with Gasteiger partial charge in [-0.15, -0.1) is 0 Å². The van der Waals surface area contributed by atoms with Gasteiger partial charge in [0.25, 0.3) is 0 Å². The van der Waals surface area contributed by atoms with Crippen molar-refractivity contribution < 1.29 is 4.79 Å². The molecule has 0 aliphatic heterocycles. The number of hydrogen-bond donors (Lipinski definition) is 3. The van der Waals surface area contributed by atoms with Crippen molar-refractivity contribution in [1.82, 2.24) is 15.6 Å². The Labute approximate surface area is 110 Å². The zero-order valence-electron chi connectivity index (χ0n) is 9.69. The van der Waals surface area contributed by atoms with Gasteiger partial charge in [-0.05, 0) is 31.4 Å². The van der Waals surface area contributed by atoms with Crippen LogP contribution in [0.2, 0.25) is 5.02 Å². The Hall–Kier alpha value is -1.82. The summed E-state index contributed by atoms with van der Waals surface area (Å²) in [6.45, 7) is 0. The predicted octanol–water partition coefficient (Wildman–Crippen LogP) is 1.53. The largest absolute Gasteiger partial charge is 0.369 e. The summed E-state index contributed by atoms with van der Waals surface area (Å²) in [5.74, 6) is 0.244. The number of halogens is 1. The molecule has 0 bridgehead atoms. The lowest BCUT2D eigenvalue weighted by Crippen LogP contribution is -2.49. The van der Waals surface area contributed by atoms with Crippen LogP contribution in [0.3, 0.4) is 0 Å². The van der Waals surface area contributed by atoms with Gasteiger partial charge in [0, 0.05) is 12.2 Å². The van der Waals surface area contributed by atoms with Crippen LogP contribution in [0.15, 0.2) is 23.3 Å². The highest BCUT2D eigenvalue weighted by Gasteiger charge is 2.19. The van der Waals surface area contributed by atoms with Gasteiger partial charge < -0.3 is 11.1 Å². The number of guanidine groups is 1. The third-order valence-corrected chi connectivity index (χ3v) is 2.94. The van der Waals surface area contributed by atoms with E-state index >= 15 is 0 Å². The monoisotopic (exact) mass is 267 g/mol. The minimum Gasteiger partial charge on any atom is -0.369 e. The van der Waals surface area contributed by atoms with Gasteiger partial charge in [-0.25, -0.2) is 9.78 Å². The summed E-state index contributed by atoms with van der Waals surface area (Å²) in [7, 11) is 0. The highest BCUT2D eigenvalue weighted by atomic mass is 35.5. The lowest BCUT2D eigenvalue weighted by Gasteiger charge is -2.26. The Morgan fingerprint density at radius 3 is 2.94 bits per heavy atom. The van der Waals surface area contributed by atoms with Crippen LogP contribution < -0.4 is 16.4 Å². The quantitative estimate of drug-likeness (QED) is 0.560. The highest BCUT2D eigenvalue weighted by molar-refractivity contribution is 6.32. The fourth-order valence-electron chi connectivity index (χ4n) is 1.49. The van der Waals surface area contributed by atoms with Crippen molar-refractivity contribution in [3.05, 3.63) is 23.4 Å². The molecule has 18 heavy (non-hydrogen) atoms. The van der Waals surface area contributed by atoms with Gasteiger partial charge >= 0.3 is 6.03 Å². The minimum absolute atomic E-state index is 0.0348. The summed E-state index contributed by atoms with van der Waals surface area (Å²) >= 11 is 5.87. The van der Waals surface area contributed by atoms with Crippen LogP contribution >= 0.6 is 11.6 Å². The zero-order chi connectivity index (χ0) is 13.0. The first-order valence-corrected chi connectivity index (χ1v) is 6.05. The minimum atomic E-state index is -0.354. The van der Waals surface area contributed by atoms with Gasteiger partial charge in [-0.1, -0.05) is 11.6 Å². The van der Waals surface area contributed by atoms with Crippen molar-refractivity contribution in [2.75, 3.05) is 0 Å². The van der Waals surface area contributed by atoms with Crippen molar-refractivity contribution in [3.8, 4) is 0 Å². The SMILES string of the molecule is N/C(=N\c1ncccc1Cl)NC(=O)NC1CCC1. The van der Waals surface area contributed by atoms with Crippen LogP contribution in [-0.2, 0) is 0 Å². The maximum Gasteiger partial charge on any atom is 0.321 e. The first-order valence-electron chi connectivity index (χ1n) is 5.67. The third-order valence-electron chi connectivity index (χ3n) is 2.65. The molecule has 96 valence electrons. The maximum absolute atomic E-state index is 11.5. The first kappa shape index (κ1) is 12.6. The van der Waals surface area contributed by atoms with E-state index in [1.165, 1.54) is 0 Å². The Morgan fingerprint density at radius 2 is 2.33 bits per heavy atom. The van der Waals surface area contributed by atoms with E-state index < -0.39 is 0 Å². The number of carbonyl (C=O) groups is 1. The van der Waals surface area contributed by atoms with Crippen molar-refractivity contribution in [2.24, 2.45) is 10.7 Å². The molecule has 1 aromatic rings. The number of rotatable bonds is 2. The molecule has 1 fully saturated rings. The van der Waals surface area contributed by atoms with Gasteiger partial charge in [0.15, 0.2) is 5.82 Å². The average Bonchev–Trinajstić information content (AvgIpc) is 2.27. The summed E-state index contributed by atoms with van der Waals surface area (Å²) in [6.07, 6.45) is 4.72. The molecule has 4 N–H and O–H groups in total. The number of nitrogens with two attached hydrogens (primary N) is 1. The topological polar surface area (TPSA) is 92.4 Å². The molecule has 1 aliphatic rings. The highest BCUT2D eigenvalue weighted by Crippen LogP contribution is 2.20. The van der Waals surface area contributed by atoms with E-state index in [4.69, 9.17) is 17.3 Å². The molecule has 0 radical (unpaired) electrons.